The molecule has 0 bridgehead atoms. The van der Waals surface area contributed by atoms with Gasteiger partial charge in [0.25, 0.3) is 0 Å². The second kappa shape index (κ2) is 12.5. The molecule has 0 atom stereocenters. The standard InChI is InChI=1S/C30H33N7O/c1-22-27-10-12-34-29(27)9-8-28(22)36-30-23(19-33-20-24(30)18-31)6-7-25-4-2-5-26(35-25)21-32-11-3-13-37-14-16-38-17-15-37/h2,4-10,12,19-20,32,34H,3,11,13-17,21H2,1H3,(H,33,36)/b7-6+. The largest absolute Gasteiger partial charge is 0.379 e. The molecule has 8 heteroatoms. The topological polar surface area (TPSA) is 102 Å². The average Bonchev–Trinajstić information content (AvgIpc) is 3.44. The number of aryl methyl sites for hydroxylation is 1. The van der Waals surface area contributed by atoms with Gasteiger partial charge in [-0.3, -0.25) is 14.9 Å². The van der Waals surface area contributed by atoms with Gasteiger partial charge in [0, 0.05) is 60.4 Å². The maximum absolute atomic E-state index is 9.76. The lowest BCUT2D eigenvalue weighted by atomic mass is 10.1. The van der Waals surface area contributed by atoms with Gasteiger partial charge >= 0.3 is 0 Å². The van der Waals surface area contributed by atoms with Crippen LogP contribution >= 0.6 is 0 Å². The van der Waals surface area contributed by atoms with Crippen molar-refractivity contribution in [2.24, 2.45) is 0 Å². The minimum Gasteiger partial charge on any atom is -0.379 e. The number of fused-ring (bicyclic) bond motifs is 1. The van der Waals surface area contributed by atoms with E-state index in [4.69, 9.17) is 9.72 Å². The highest BCUT2D eigenvalue weighted by Gasteiger charge is 2.12. The summed E-state index contributed by atoms with van der Waals surface area (Å²) in [7, 11) is 0. The Balaban J connectivity index is 1.25. The quantitative estimate of drug-likeness (QED) is 0.263. The number of morpholine rings is 1. The summed E-state index contributed by atoms with van der Waals surface area (Å²) >= 11 is 0. The summed E-state index contributed by atoms with van der Waals surface area (Å²) in [6, 6.07) is 14.4. The number of nitrogens with one attached hydrogen (secondary N) is 3. The van der Waals surface area contributed by atoms with Crippen molar-refractivity contribution < 1.29 is 4.74 Å². The van der Waals surface area contributed by atoms with Gasteiger partial charge in [0.05, 0.1) is 35.9 Å². The van der Waals surface area contributed by atoms with Gasteiger partial charge in [-0.1, -0.05) is 6.07 Å². The molecule has 0 spiro atoms. The first kappa shape index (κ1) is 25.6. The van der Waals surface area contributed by atoms with Crippen molar-refractivity contribution in [2.75, 3.05) is 44.7 Å². The number of hydrogen-bond donors (Lipinski definition) is 3. The summed E-state index contributed by atoms with van der Waals surface area (Å²) in [5.74, 6) is 0. The molecule has 1 aliphatic heterocycles. The zero-order valence-corrected chi connectivity index (χ0v) is 21.7. The second-order valence-electron chi connectivity index (χ2n) is 9.44. The van der Waals surface area contributed by atoms with Crippen molar-refractivity contribution in [2.45, 2.75) is 19.9 Å². The van der Waals surface area contributed by atoms with E-state index in [9.17, 15) is 5.26 Å². The lowest BCUT2D eigenvalue weighted by molar-refractivity contribution is 0.0374. The molecule has 0 unspecified atom stereocenters. The highest BCUT2D eigenvalue weighted by atomic mass is 16.5. The number of nitrogens with zero attached hydrogens (tertiary/aromatic N) is 4. The molecule has 4 heterocycles. The number of aromatic nitrogens is 3. The van der Waals surface area contributed by atoms with E-state index in [0.29, 0.717) is 5.56 Å². The van der Waals surface area contributed by atoms with Gasteiger partial charge in [-0.15, -0.1) is 0 Å². The number of pyridine rings is 2. The Labute approximate surface area is 223 Å². The van der Waals surface area contributed by atoms with Gasteiger partial charge in [-0.25, -0.2) is 0 Å². The Morgan fingerprint density at radius 2 is 2.03 bits per heavy atom. The van der Waals surface area contributed by atoms with Crippen LogP contribution in [-0.4, -0.2) is 59.2 Å². The van der Waals surface area contributed by atoms with Crippen LogP contribution in [0.5, 0.6) is 0 Å². The van der Waals surface area contributed by atoms with Crippen molar-refractivity contribution in [1.29, 1.82) is 5.26 Å². The van der Waals surface area contributed by atoms with E-state index in [0.717, 1.165) is 97.2 Å². The van der Waals surface area contributed by atoms with Crippen LogP contribution in [-0.2, 0) is 11.3 Å². The number of rotatable bonds is 10. The number of hydrogen-bond acceptors (Lipinski definition) is 7. The SMILES string of the molecule is Cc1c(Nc2c(C#N)cncc2/C=C/c2cccc(CNCCCN3CCOCC3)n2)ccc2[nH]ccc12. The smallest absolute Gasteiger partial charge is 0.103 e. The molecule has 0 aliphatic carbocycles. The molecule has 0 radical (unpaired) electrons. The molecule has 3 aromatic heterocycles. The molecule has 38 heavy (non-hydrogen) atoms. The third kappa shape index (κ3) is 6.26. The number of benzene rings is 1. The van der Waals surface area contributed by atoms with E-state index < -0.39 is 0 Å². The molecule has 1 aromatic carbocycles. The Morgan fingerprint density at radius 1 is 1.13 bits per heavy atom. The molecule has 0 saturated carbocycles. The number of nitriles is 1. The van der Waals surface area contributed by atoms with Gasteiger partial charge in [0.15, 0.2) is 0 Å². The molecule has 5 rings (SSSR count). The summed E-state index contributed by atoms with van der Waals surface area (Å²) < 4.78 is 5.41. The van der Waals surface area contributed by atoms with Crippen LogP contribution < -0.4 is 10.6 Å². The first-order valence-electron chi connectivity index (χ1n) is 13.1. The summed E-state index contributed by atoms with van der Waals surface area (Å²) in [4.78, 5) is 14.8. The van der Waals surface area contributed by atoms with Gasteiger partial charge in [0.2, 0.25) is 0 Å². The van der Waals surface area contributed by atoms with Crippen molar-refractivity contribution in [3.8, 4) is 6.07 Å². The lowest BCUT2D eigenvalue weighted by Gasteiger charge is -2.26. The number of aromatic amines is 1. The molecule has 1 saturated heterocycles. The fraction of sp³-hybridized carbons (Fsp3) is 0.300. The normalized spacial score (nSPS) is 14.2. The van der Waals surface area contributed by atoms with E-state index >= 15 is 0 Å². The maximum atomic E-state index is 9.76. The molecular formula is C30H33N7O. The van der Waals surface area contributed by atoms with Gasteiger partial charge in [-0.2, -0.15) is 5.26 Å². The Hall–Kier alpha value is -4.03. The Kier molecular flexibility index (Phi) is 8.41. The monoisotopic (exact) mass is 507 g/mol. The molecule has 194 valence electrons. The molecule has 8 nitrogen and oxygen atoms in total. The number of anilines is 2. The minimum absolute atomic E-state index is 0.490. The predicted octanol–water partition coefficient (Wildman–Crippen LogP) is 4.86. The van der Waals surface area contributed by atoms with Crippen molar-refractivity contribution in [3.63, 3.8) is 0 Å². The average molecular weight is 508 g/mol. The van der Waals surface area contributed by atoms with Crippen LogP contribution in [0, 0.1) is 18.3 Å². The molecular weight excluding hydrogens is 474 g/mol. The lowest BCUT2D eigenvalue weighted by Crippen LogP contribution is -2.37. The van der Waals surface area contributed by atoms with Crippen LogP contribution in [0.2, 0.25) is 0 Å². The van der Waals surface area contributed by atoms with E-state index in [1.807, 2.05) is 48.7 Å². The zero-order chi connectivity index (χ0) is 26.2. The van der Waals surface area contributed by atoms with E-state index in [-0.39, 0.29) is 0 Å². The van der Waals surface area contributed by atoms with Crippen LogP contribution in [0.25, 0.3) is 23.1 Å². The van der Waals surface area contributed by atoms with Gasteiger partial charge in [0.1, 0.15) is 6.07 Å². The van der Waals surface area contributed by atoms with E-state index in [1.165, 1.54) is 0 Å². The molecule has 4 aromatic rings. The minimum atomic E-state index is 0.490. The fourth-order valence-electron chi connectivity index (χ4n) is 4.71. The summed E-state index contributed by atoms with van der Waals surface area (Å²) in [6.45, 7) is 8.59. The maximum Gasteiger partial charge on any atom is 0.103 e. The first-order valence-corrected chi connectivity index (χ1v) is 13.1. The molecule has 1 aliphatic rings. The fourth-order valence-corrected chi connectivity index (χ4v) is 4.71. The summed E-state index contributed by atoms with van der Waals surface area (Å²) in [6.07, 6.45) is 10.3. The highest BCUT2D eigenvalue weighted by molar-refractivity contribution is 5.90. The predicted molar refractivity (Wildman–Crippen MR) is 152 cm³/mol. The van der Waals surface area contributed by atoms with Crippen LogP contribution in [0.3, 0.4) is 0 Å². The van der Waals surface area contributed by atoms with Crippen LogP contribution in [0.15, 0.2) is 55.0 Å². The molecule has 1 fully saturated rings. The van der Waals surface area contributed by atoms with E-state index in [2.05, 4.69) is 44.6 Å². The first-order chi connectivity index (χ1) is 18.7. The van der Waals surface area contributed by atoms with E-state index in [1.54, 1.807) is 12.4 Å². The molecule has 0 amide bonds. The van der Waals surface area contributed by atoms with Crippen molar-refractivity contribution in [3.05, 3.63) is 83.1 Å². The van der Waals surface area contributed by atoms with Crippen molar-refractivity contribution in [1.82, 2.24) is 25.2 Å². The second-order valence-corrected chi connectivity index (χ2v) is 9.44. The number of H-pyrrole nitrogens is 1. The van der Waals surface area contributed by atoms with Crippen LogP contribution in [0.4, 0.5) is 11.4 Å². The van der Waals surface area contributed by atoms with Gasteiger partial charge in [-0.05, 0) is 74.5 Å². The van der Waals surface area contributed by atoms with Crippen LogP contribution in [0.1, 0.15) is 34.5 Å². The highest BCUT2D eigenvalue weighted by Crippen LogP contribution is 2.31. The third-order valence-corrected chi connectivity index (χ3v) is 6.86. The summed E-state index contributed by atoms with van der Waals surface area (Å²) in [5, 5.41) is 17.9. The third-order valence-electron chi connectivity index (χ3n) is 6.86. The van der Waals surface area contributed by atoms with Crippen molar-refractivity contribution >= 4 is 34.4 Å². The van der Waals surface area contributed by atoms with Gasteiger partial charge < -0.3 is 20.4 Å². The Morgan fingerprint density at radius 3 is 2.89 bits per heavy atom. The number of ether oxygens (including phenoxy) is 1. The Bertz CT molecular complexity index is 1450. The summed E-state index contributed by atoms with van der Waals surface area (Å²) in [5.41, 5.74) is 7.05. The zero-order valence-electron chi connectivity index (χ0n) is 21.7. The molecule has 3 N–H and O–H groups in total.